The number of nitrogens with zero attached hydrogens (tertiary/aromatic N) is 1. The first-order valence-electron chi connectivity index (χ1n) is 3.28. The summed E-state index contributed by atoms with van der Waals surface area (Å²) in [5.41, 5.74) is 5.02. The topological polar surface area (TPSA) is 87.2 Å². The van der Waals surface area contributed by atoms with Crippen LogP contribution in [0.1, 0.15) is 12.8 Å². The maximum absolute atomic E-state index is 11.2. The predicted molar refractivity (Wildman–Crippen MR) is 41.6 cm³/mol. The van der Waals surface area contributed by atoms with E-state index in [1.807, 2.05) is 0 Å². The van der Waals surface area contributed by atoms with E-state index in [9.17, 15) is 8.42 Å². The third-order valence-corrected chi connectivity index (χ3v) is 3.94. The molecule has 6 heteroatoms. The van der Waals surface area contributed by atoms with Crippen LogP contribution in [-0.2, 0) is 10.0 Å². The van der Waals surface area contributed by atoms with Gasteiger partial charge in [0.2, 0.25) is 16.0 Å². The molecular weight excluding hydrogens is 166 g/mol. The van der Waals surface area contributed by atoms with E-state index in [2.05, 4.69) is 0 Å². The molecule has 3 N–H and O–H groups in total. The number of nitrogens with one attached hydrogen (secondary N) is 1. The van der Waals surface area contributed by atoms with Crippen LogP contribution < -0.4 is 5.73 Å². The molecule has 0 spiro atoms. The summed E-state index contributed by atoms with van der Waals surface area (Å²) in [6, 6.07) is 0. The summed E-state index contributed by atoms with van der Waals surface area (Å²) in [6.07, 6.45) is 1.39. The Labute approximate surface area is 65.7 Å². The zero-order valence-electron chi connectivity index (χ0n) is 6.24. The van der Waals surface area contributed by atoms with Gasteiger partial charge in [-0.15, -0.1) is 0 Å². The lowest BCUT2D eigenvalue weighted by molar-refractivity contribution is 0.548. The Morgan fingerprint density at radius 2 is 2.09 bits per heavy atom. The van der Waals surface area contributed by atoms with Crippen molar-refractivity contribution in [1.82, 2.24) is 4.31 Å². The highest BCUT2D eigenvalue weighted by Gasteiger charge is 2.39. The lowest BCUT2D eigenvalue weighted by Crippen LogP contribution is -2.39. The van der Waals surface area contributed by atoms with E-state index in [0.717, 1.165) is 4.31 Å². The van der Waals surface area contributed by atoms with Gasteiger partial charge in [-0.25, -0.2) is 12.7 Å². The maximum atomic E-state index is 11.2. The Hall–Kier alpha value is -0.780. The Morgan fingerprint density at radius 1 is 1.64 bits per heavy atom. The third kappa shape index (κ3) is 1.45. The van der Waals surface area contributed by atoms with Crippen molar-refractivity contribution in [3.05, 3.63) is 0 Å². The average Bonchev–Trinajstić information content (AvgIpc) is 2.66. The Bertz CT molecular complexity index is 267. The smallest absolute Gasteiger partial charge is 0.240 e. The number of nitrogens with two attached hydrogens (primary N) is 1. The van der Waals surface area contributed by atoms with E-state index >= 15 is 0 Å². The monoisotopic (exact) mass is 177 g/mol. The van der Waals surface area contributed by atoms with Gasteiger partial charge in [0, 0.05) is 7.05 Å². The van der Waals surface area contributed by atoms with Crippen molar-refractivity contribution in [2.24, 2.45) is 5.73 Å². The Balaban J connectivity index is 2.79. The highest BCUT2D eigenvalue weighted by atomic mass is 32.2. The lowest BCUT2D eigenvalue weighted by atomic mass is 11.0. The van der Waals surface area contributed by atoms with Crippen LogP contribution in [0.15, 0.2) is 0 Å². The molecule has 0 atom stereocenters. The summed E-state index contributed by atoms with van der Waals surface area (Å²) in [6.45, 7) is 0. The van der Waals surface area contributed by atoms with Crippen molar-refractivity contribution in [3.8, 4) is 0 Å². The Morgan fingerprint density at radius 3 is 2.36 bits per heavy atom. The molecule has 0 amide bonds. The first-order valence-corrected chi connectivity index (χ1v) is 4.78. The normalized spacial score (nSPS) is 17.9. The molecular formula is C5H11N3O2S. The molecule has 1 aliphatic carbocycles. The number of guanidine groups is 1. The van der Waals surface area contributed by atoms with Crippen LogP contribution in [0.5, 0.6) is 0 Å². The van der Waals surface area contributed by atoms with Gasteiger partial charge in [-0.1, -0.05) is 0 Å². The number of hydrogen-bond acceptors (Lipinski definition) is 3. The molecule has 0 unspecified atom stereocenters. The van der Waals surface area contributed by atoms with Gasteiger partial charge < -0.3 is 5.73 Å². The van der Waals surface area contributed by atoms with Crippen LogP contribution in [0.25, 0.3) is 0 Å². The predicted octanol–water partition coefficient (Wildman–Crippen LogP) is -0.696. The fourth-order valence-electron chi connectivity index (χ4n) is 0.727. The molecule has 0 radical (unpaired) electrons. The van der Waals surface area contributed by atoms with Crippen molar-refractivity contribution in [1.29, 1.82) is 5.41 Å². The molecule has 1 fully saturated rings. The Kier molecular flexibility index (Phi) is 1.79. The molecule has 1 aliphatic rings. The molecule has 1 saturated carbocycles. The molecule has 11 heavy (non-hydrogen) atoms. The molecule has 64 valence electrons. The molecule has 0 heterocycles. The zero-order chi connectivity index (χ0) is 8.65. The second-order valence-corrected chi connectivity index (χ2v) is 4.84. The van der Waals surface area contributed by atoms with Gasteiger partial charge >= 0.3 is 0 Å². The maximum Gasteiger partial charge on any atom is 0.240 e. The highest BCUT2D eigenvalue weighted by molar-refractivity contribution is 7.90. The van der Waals surface area contributed by atoms with Gasteiger partial charge in [-0.2, -0.15) is 0 Å². The standard InChI is InChI=1S/C5H11N3O2S/c1-8(5(6)7)11(9,10)4-2-3-4/h4H,2-3H2,1H3,(H3,6,7). The van der Waals surface area contributed by atoms with Crippen molar-refractivity contribution >= 4 is 16.0 Å². The minimum absolute atomic E-state index is 0.295. The molecule has 5 nitrogen and oxygen atoms in total. The number of sulfonamides is 1. The van der Waals surface area contributed by atoms with Crippen LogP contribution >= 0.6 is 0 Å². The zero-order valence-corrected chi connectivity index (χ0v) is 7.06. The van der Waals surface area contributed by atoms with Gasteiger partial charge in [0.15, 0.2) is 0 Å². The summed E-state index contributed by atoms with van der Waals surface area (Å²) >= 11 is 0. The lowest BCUT2D eigenvalue weighted by Gasteiger charge is -2.15. The summed E-state index contributed by atoms with van der Waals surface area (Å²) in [5, 5.41) is 6.61. The minimum atomic E-state index is -3.28. The van der Waals surface area contributed by atoms with Gasteiger partial charge in [-0.05, 0) is 12.8 Å². The van der Waals surface area contributed by atoms with Crippen molar-refractivity contribution in [3.63, 3.8) is 0 Å². The van der Waals surface area contributed by atoms with Crippen LogP contribution in [0.4, 0.5) is 0 Å². The molecule has 0 aromatic rings. The SMILES string of the molecule is CN(C(=N)N)S(=O)(=O)C1CC1. The van der Waals surface area contributed by atoms with Crippen LogP contribution in [0, 0.1) is 5.41 Å². The summed E-state index contributed by atoms with van der Waals surface area (Å²) in [5.74, 6) is -0.420. The van der Waals surface area contributed by atoms with Crippen molar-refractivity contribution in [2.75, 3.05) is 7.05 Å². The highest BCUT2D eigenvalue weighted by Crippen LogP contribution is 2.29. The molecule has 0 saturated heterocycles. The summed E-state index contributed by atoms with van der Waals surface area (Å²) < 4.78 is 23.3. The molecule has 0 bridgehead atoms. The third-order valence-electron chi connectivity index (χ3n) is 1.67. The first kappa shape index (κ1) is 8.32. The minimum Gasteiger partial charge on any atom is -0.369 e. The van der Waals surface area contributed by atoms with E-state index in [4.69, 9.17) is 11.1 Å². The second-order valence-electron chi connectivity index (χ2n) is 2.60. The molecule has 1 rings (SSSR count). The van der Waals surface area contributed by atoms with Gasteiger partial charge in [0.25, 0.3) is 0 Å². The van der Waals surface area contributed by atoms with E-state index in [1.54, 1.807) is 0 Å². The van der Waals surface area contributed by atoms with Crippen LogP contribution in [0.2, 0.25) is 0 Å². The van der Waals surface area contributed by atoms with Gasteiger partial charge in [0.1, 0.15) is 0 Å². The average molecular weight is 177 g/mol. The fraction of sp³-hybridized carbons (Fsp3) is 0.800. The van der Waals surface area contributed by atoms with Gasteiger partial charge in [-0.3, -0.25) is 5.41 Å². The summed E-state index contributed by atoms with van der Waals surface area (Å²) in [7, 11) is -1.98. The first-order chi connectivity index (χ1) is 4.96. The van der Waals surface area contributed by atoms with Crippen molar-refractivity contribution < 1.29 is 8.42 Å². The second kappa shape index (κ2) is 2.37. The van der Waals surface area contributed by atoms with E-state index in [1.165, 1.54) is 7.05 Å². The summed E-state index contributed by atoms with van der Waals surface area (Å²) in [4.78, 5) is 0. The number of hydrogen-bond donors (Lipinski definition) is 2. The van der Waals surface area contributed by atoms with E-state index in [-0.39, 0.29) is 5.25 Å². The van der Waals surface area contributed by atoms with Crippen LogP contribution in [-0.4, -0.2) is 31.0 Å². The van der Waals surface area contributed by atoms with E-state index < -0.39 is 16.0 Å². The fourth-order valence-corrected chi connectivity index (χ4v) is 2.18. The molecule has 0 aromatic carbocycles. The molecule has 0 aromatic heterocycles. The van der Waals surface area contributed by atoms with E-state index in [0.29, 0.717) is 12.8 Å². The van der Waals surface area contributed by atoms with Gasteiger partial charge in [0.05, 0.1) is 5.25 Å². The largest absolute Gasteiger partial charge is 0.369 e. The van der Waals surface area contributed by atoms with Crippen LogP contribution in [0.3, 0.4) is 0 Å². The number of rotatable bonds is 2. The quantitative estimate of drug-likeness (QED) is 0.432. The van der Waals surface area contributed by atoms with Crippen molar-refractivity contribution in [2.45, 2.75) is 18.1 Å². The molecule has 0 aliphatic heterocycles.